The number of unbranched alkanes of at least 4 members (excludes halogenated alkanes) is 2. The Balaban J connectivity index is 1.99. The quantitative estimate of drug-likeness (QED) is 0.312. The molecule has 0 saturated carbocycles. The zero-order valence-electron chi connectivity index (χ0n) is 17.0. The van der Waals surface area contributed by atoms with Gasteiger partial charge in [0, 0.05) is 28.4 Å². The summed E-state index contributed by atoms with van der Waals surface area (Å²) in [4.78, 5) is 20.1. The van der Waals surface area contributed by atoms with Crippen molar-refractivity contribution in [2.75, 3.05) is 13.1 Å². The Kier molecular flexibility index (Phi) is 7.95. The van der Waals surface area contributed by atoms with Crippen molar-refractivity contribution in [1.82, 2.24) is 14.3 Å². The number of pyridine rings is 1. The Morgan fingerprint density at radius 1 is 1.07 bits per heavy atom. The number of hydrogen-bond donors (Lipinski definition) is 0. The van der Waals surface area contributed by atoms with Crippen molar-refractivity contribution in [2.24, 2.45) is 0 Å². The van der Waals surface area contributed by atoms with Crippen LogP contribution in [0.5, 0.6) is 0 Å². The van der Waals surface area contributed by atoms with Crippen LogP contribution >= 0.6 is 34.2 Å². The lowest BCUT2D eigenvalue weighted by Crippen LogP contribution is -2.34. The van der Waals surface area contributed by atoms with E-state index in [9.17, 15) is 4.79 Å². The van der Waals surface area contributed by atoms with E-state index in [0.717, 1.165) is 61.4 Å². The molecule has 3 aromatic rings. The summed E-state index contributed by atoms with van der Waals surface area (Å²) < 4.78 is 3.13. The van der Waals surface area contributed by atoms with Gasteiger partial charge < -0.3 is 9.30 Å². The maximum absolute atomic E-state index is 13.2. The topological polar surface area (TPSA) is 37.6 Å². The molecule has 0 radical (unpaired) electrons. The highest BCUT2D eigenvalue weighted by Crippen LogP contribution is 2.27. The standard InChI is InChI=1S/C23H27ClIN3O/c1-3-5-13-27(14-6-4-2)22(29)15-20-23(17-7-10-19(25)11-8-17)26-21-12-9-18(24)16-28(20)21/h7-12,16H,3-6,13-15H2,1-2H3. The van der Waals surface area contributed by atoms with E-state index in [1.54, 1.807) is 0 Å². The molecule has 2 heterocycles. The minimum atomic E-state index is 0.153. The normalized spacial score (nSPS) is 11.2. The fourth-order valence-electron chi connectivity index (χ4n) is 3.39. The second-order valence-corrected chi connectivity index (χ2v) is 8.94. The van der Waals surface area contributed by atoms with E-state index in [1.807, 2.05) is 27.6 Å². The summed E-state index contributed by atoms with van der Waals surface area (Å²) in [5, 5.41) is 0.631. The van der Waals surface area contributed by atoms with Gasteiger partial charge in [-0.15, -0.1) is 0 Å². The number of amides is 1. The number of rotatable bonds is 9. The minimum Gasteiger partial charge on any atom is -0.342 e. The summed E-state index contributed by atoms with van der Waals surface area (Å²) in [6.07, 6.45) is 6.38. The largest absolute Gasteiger partial charge is 0.342 e. The molecule has 0 bridgehead atoms. The van der Waals surface area contributed by atoms with Gasteiger partial charge in [-0.3, -0.25) is 4.79 Å². The molecule has 2 aromatic heterocycles. The monoisotopic (exact) mass is 523 g/mol. The molecule has 154 valence electrons. The van der Waals surface area contributed by atoms with Crippen LogP contribution < -0.4 is 0 Å². The highest BCUT2D eigenvalue weighted by atomic mass is 127. The van der Waals surface area contributed by atoms with Crippen molar-refractivity contribution >= 4 is 45.7 Å². The summed E-state index contributed by atoms with van der Waals surface area (Å²) in [5.74, 6) is 0.153. The zero-order chi connectivity index (χ0) is 20.8. The predicted octanol–water partition coefficient (Wildman–Crippen LogP) is 6.23. The van der Waals surface area contributed by atoms with Crippen LogP contribution in [0.1, 0.15) is 45.2 Å². The van der Waals surface area contributed by atoms with Crippen molar-refractivity contribution in [3.05, 3.63) is 56.9 Å². The van der Waals surface area contributed by atoms with E-state index >= 15 is 0 Å². The lowest BCUT2D eigenvalue weighted by atomic mass is 10.1. The molecule has 6 heteroatoms. The van der Waals surface area contributed by atoms with Crippen molar-refractivity contribution in [1.29, 1.82) is 0 Å². The smallest absolute Gasteiger partial charge is 0.228 e. The van der Waals surface area contributed by atoms with Gasteiger partial charge in [0.2, 0.25) is 5.91 Å². The molecule has 0 N–H and O–H groups in total. The lowest BCUT2D eigenvalue weighted by Gasteiger charge is -2.22. The molecule has 0 aliphatic rings. The van der Waals surface area contributed by atoms with Crippen LogP contribution in [-0.4, -0.2) is 33.3 Å². The van der Waals surface area contributed by atoms with E-state index in [0.29, 0.717) is 11.4 Å². The Bertz CT molecular complexity index is 960. The Morgan fingerprint density at radius 2 is 1.72 bits per heavy atom. The molecule has 0 fully saturated rings. The van der Waals surface area contributed by atoms with E-state index in [-0.39, 0.29) is 5.91 Å². The number of benzene rings is 1. The van der Waals surface area contributed by atoms with Gasteiger partial charge in [0.25, 0.3) is 0 Å². The summed E-state index contributed by atoms with van der Waals surface area (Å²) in [6, 6.07) is 12.0. The van der Waals surface area contributed by atoms with Gasteiger partial charge in [-0.2, -0.15) is 0 Å². The first-order chi connectivity index (χ1) is 14.0. The van der Waals surface area contributed by atoms with E-state index < -0.39 is 0 Å². The van der Waals surface area contributed by atoms with Gasteiger partial charge in [-0.1, -0.05) is 50.4 Å². The minimum absolute atomic E-state index is 0.153. The fourth-order valence-corrected chi connectivity index (χ4v) is 3.91. The number of nitrogens with zero attached hydrogens (tertiary/aromatic N) is 3. The van der Waals surface area contributed by atoms with Crippen molar-refractivity contribution in [3.8, 4) is 11.3 Å². The average molecular weight is 524 g/mol. The lowest BCUT2D eigenvalue weighted by molar-refractivity contribution is -0.130. The number of carbonyl (C=O) groups is 1. The van der Waals surface area contributed by atoms with Crippen molar-refractivity contribution in [2.45, 2.75) is 46.0 Å². The predicted molar refractivity (Wildman–Crippen MR) is 128 cm³/mol. The van der Waals surface area contributed by atoms with Crippen molar-refractivity contribution in [3.63, 3.8) is 0 Å². The molecule has 3 rings (SSSR count). The van der Waals surface area contributed by atoms with E-state index in [2.05, 4.69) is 60.7 Å². The molecule has 1 amide bonds. The summed E-state index contributed by atoms with van der Waals surface area (Å²) >= 11 is 8.55. The summed E-state index contributed by atoms with van der Waals surface area (Å²) in [7, 11) is 0. The number of fused-ring (bicyclic) bond motifs is 1. The van der Waals surface area contributed by atoms with Gasteiger partial charge in [0.15, 0.2) is 0 Å². The van der Waals surface area contributed by atoms with Crippen LogP contribution in [-0.2, 0) is 11.2 Å². The maximum Gasteiger partial charge on any atom is 0.228 e. The average Bonchev–Trinajstić information content (AvgIpc) is 3.06. The maximum atomic E-state index is 13.2. The molecule has 1 aromatic carbocycles. The highest BCUT2D eigenvalue weighted by molar-refractivity contribution is 14.1. The summed E-state index contributed by atoms with van der Waals surface area (Å²) in [6.45, 7) is 5.94. The first-order valence-corrected chi connectivity index (χ1v) is 11.7. The molecule has 0 aliphatic carbocycles. The zero-order valence-corrected chi connectivity index (χ0v) is 19.9. The number of aromatic nitrogens is 2. The second kappa shape index (κ2) is 10.4. The molecule has 4 nitrogen and oxygen atoms in total. The van der Waals surface area contributed by atoms with Crippen LogP contribution in [0.25, 0.3) is 16.9 Å². The van der Waals surface area contributed by atoms with Crippen LogP contribution in [0.2, 0.25) is 5.02 Å². The first kappa shape index (κ1) is 22.1. The number of carbonyl (C=O) groups excluding carboxylic acids is 1. The number of imidazole rings is 1. The molecule has 0 saturated heterocycles. The van der Waals surface area contributed by atoms with Gasteiger partial charge in [-0.25, -0.2) is 4.98 Å². The summed E-state index contributed by atoms with van der Waals surface area (Å²) in [5.41, 5.74) is 3.57. The third-order valence-corrected chi connectivity index (χ3v) is 5.98. The molecule has 0 atom stereocenters. The molecule has 29 heavy (non-hydrogen) atoms. The number of halogens is 2. The van der Waals surface area contributed by atoms with Crippen LogP contribution in [0.4, 0.5) is 0 Å². The third kappa shape index (κ3) is 5.51. The van der Waals surface area contributed by atoms with Gasteiger partial charge >= 0.3 is 0 Å². The van der Waals surface area contributed by atoms with Crippen molar-refractivity contribution < 1.29 is 4.79 Å². The van der Waals surface area contributed by atoms with Crippen LogP contribution in [0.3, 0.4) is 0 Å². The SMILES string of the molecule is CCCCN(CCCC)C(=O)Cc1c(-c2ccc(I)cc2)nc2ccc(Cl)cn12. The Morgan fingerprint density at radius 3 is 2.34 bits per heavy atom. The molecule has 0 spiro atoms. The van der Waals surface area contributed by atoms with E-state index in [1.165, 1.54) is 3.57 Å². The van der Waals surface area contributed by atoms with E-state index in [4.69, 9.17) is 16.6 Å². The van der Waals surface area contributed by atoms with Crippen LogP contribution in [0.15, 0.2) is 42.6 Å². The number of hydrogen-bond acceptors (Lipinski definition) is 2. The third-order valence-electron chi connectivity index (χ3n) is 5.03. The molecule has 0 unspecified atom stereocenters. The molecule has 0 aliphatic heterocycles. The van der Waals surface area contributed by atoms with Crippen LogP contribution in [0, 0.1) is 3.57 Å². The highest BCUT2D eigenvalue weighted by Gasteiger charge is 2.20. The van der Waals surface area contributed by atoms with Gasteiger partial charge in [0.05, 0.1) is 22.8 Å². The molecular weight excluding hydrogens is 497 g/mol. The Hall–Kier alpha value is -1.60. The van der Waals surface area contributed by atoms with Gasteiger partial charge in [0.1, 0.15) is 5.65 Å². The fraction of sp³-hybridized carbons (Fsp3) is 0.391. The second-order valence-electron chi connectivity index (χ2n) is 7.25. The first-order valence-electron chi connectivity index (χ1n) is 10.2. The Labute approximate surface area is 191 Å². The van der Waals surface area contributed by atoms with Gasteiger partial charge in [-0.05, 0) is 59.7 Å². The molecular formula is C23H27ClIN3O.